The SMILES string of the molecule is NC(=O)c1ccc2c(CSCCC3CC(c4ccccc4)=CCN3)c[nH]c2c1. The number of carbonyl (C=O) groups is 1. The molecular weight excluding hydrogens is 366 g/mol. The molecule has 1 unspecified atom stereocenters. The van der Waals surface area contributed by atoms with E-state index in [0.29, 0.717) is 11.6 Å². The Kier molecular flexibility index (Phi) is 5.84. The Balaban J connectivity index is 1.29. The Labute approximate surface area is 169 Å². The fourth-order valence-electron chi connectivity index (χ4n) is 3.73. The minimum absolute atomic E-state index is 0.392. The summed E-state index contributed by atoms with van der Waals surface area (Å²) in [4.78, 5) is 14.6. The number of hydrogen-bond donors (Lipinski definition) is 3. The van der Waals surface area contributed by atoms with Crippen molar-refractivity contribution in [3.05, 3.63) is 77.5 Å². The van der Waals surface area contributed by atoms with Gasteiger partial charge in [0.2, 0.25) is 5.91 Å². The van der Waals surface area contributed by atoms with Crippen molar-refractivity contribution in [2.75, 3.05) is 12.3 Å². The molecule has 4 N–H and O–H groups in total. The van der Waals surface area contributed by atoms with E-state index in [0.717, 1.165) is 36.4 Å². The van der Waals surface area contributed by atoms with Gasteiger partial charge in [-0.05, 0) is 47.4 Å². The molecule has 0 aliphatic carbocycles. The Hall–Kier alpha value is -2.50. The van der Waals surface area contributed by atoms with Crippen molar-refractivity contribution in [1.29, 1.82) is 0 Å². The summed E-state index contributed by atoms with van der Waals surface area (Å²) in [6.07, 6.45) is 6.60. The van der Waals surface area contributed by atoms with Gasteiger partial charge in [-0.2, -0.15) is 11.8 Å². The van der Waals surface area contributed by atoms with Gasteiger partial charge in [0.15, 0.2) is 0 Å². The summed E-state index contributed by atoms with van der Waals surface area (Å²) in [6, 6.07) is 16.8. The lowest BCUT2D eigenvalue weighted by atomic mass is 9.94. The third-order valence-electron chi connectivity index (χ3n) is 5.29. The van der Waals surface area contributed by atoms with Crippen molar-refractivity contribution in [2.24, 2.45) is 5.73 Å². The monoisotopic (exact) mass is 391 g/mol. The molecule has 3 aromatic rings. The van der Waals surface area contributed by atoms with Crippen LogP contribution >= 0.6 is 11.8 Å². The van der Waals surface area contributed by atoms with Crippen LogP contribution < -0.4 is 11.1 Å². The quantitative estimate of drug-likeness (QED) is 0.525. The summed E-state index contributed by atoms with van der Waals surface area (Å²) in [7, 11) is 0. The van der Waals surface area contributed by atoms with E-state index in [9.17, 15) is 4.79 Å². The number of carbonyl (C=O) groups excluding carboxylic acids is 1. The van der Waals surface area contributed by atoms with Gasteiger partial charge in [0.05, 0.1) is 0 Å². The van der Waals surface area contributed by atoms with Crippen LogP contribution in [0.4, 0.5) is 0 Å². The van der Waals surface area contributed by atoms with Gasteiger partial charge in [0.25, 0.3) is 0 Å². The lowest BCUT2D eigenvalue weighted by Crippen LogP contribution is -2.33. The number of amides is 1. The summed E-state index contributed by atoms with van der Waals surface area (Å²) in [6.45, 7) is 0.949. The first-order valence-corrected chi connectivity index (χ1v) is 10.8. The molecule has 0 fully saturated rings. The number of hydrogen-bond acceptors (Lipinski definition) is 3. The smallest absolute Gasteiger partial charge is 0.248 e. The first-order chi connectivity index (χ1) is 13.7. The summed E-state index contributed by atoms with van der Waals surface area (Å²) < 4.78 is 0. The minimum atomic E-state index is -0.392. The van der Waals surface area contributed by atoms with E-state index in [4.69, 9.17) is 5.73 Å². The zero-order valence-corrected chi connectivity index (χ0v) is 16.6. The fraction of sp³-hybridized carbons (Fsp3) is 0.261. The highest BCUT2D eigenvalue weighted by Gasteiger charge is 2.16. The highest BCUT2D eigenvalue weighted by molar-refractivity contribution is 7.98. The van der Waals surface area contributed by atoms with E-state index >= 15 is 0 Å². The van der Waals surface area contributed by atoms with Crippen LogP contribution in [0, 0.1) is 0 Å². The highest BCUT2D eigenvalue weighted by Crippen LogP contribution is 2.26. The van der Waals surface area contributed by atoms with Crippen molar-refractivity contribution in [3.8, 4) is 0 Å². The van der Waals surface area contributed by atoms with Gasteiger partial charge >= 0.3 is 0 Å². The zero-order chi connectivity index (χ0) is 19.3. The molecule has 1 amide bonds. The number of rotatable bonds is 7. The maximum atomic E-state index is 11.3. The maximum Gasteiger partial charge on any atom is 0.248 e. The number of aromatic amines is 1. The van der Waals surface area contributed by atoms with Crippen LogP contribution in [0.25, 0.3) is 16.5 Å². The Morgan fingerprint density at radius 1 is 1.18 bits per heavy atom. The third kappa shape index (κ3) is 4.32. The Morgan fingerprint density at radius 2 is 2.04 bits per heavy atom. The van der Waals surface area contributed by atoms with E-state index in [2.05, 4.69) is 46.7 Å². The van der Waals surface area contributed by atoms with Crippen LogP contribution in [-0.2, 0) is 5.75 Å². The number of benzene rings is 2. The van der Waals surface area contributed by atoms with Crippen LogP contribution in [0.2, 0.25) is 0 Å². The standard InChI is InChI=1S/C23H25N3OS/c24-23(27)18-6-7-21-19(14-26-22(21)13-18)15-28-11-9-20-12-17(8-10-25-20)16-4-2-1-3-5-16/h1-8,13-14,20,25-26H,9-12,15H2,(H2,24,27). The zero-order valence-electron chi connectivity index (χ0n) is 15.8. The molecule has 1 aromatic heterocycles. The van der Waals surface area contributed by atoms with Gasteiger partial charge in [-0.3, -0.25) is 4.79 Å². The molecule has 1 atom stereocenters. The molecule has 144 valence electrons. The minimum Gasteiger partial charge on any atom is -0.366 e. The predicted octanol–water partition coefficient (Wildman–Crippen LogP) is 4.34. The molecule has 0 spiro atoms. The van der Waals surface area contributed by atoms with Gasteiger partial charge in [-0.15, -0.1) is 0 Å². The van der Waals surface area contributed by atoms with E-state index in [1.165, 1.54) is 22.1 Å². The average molecular weight is 392 g/mol. The largest absolute Gasteiger partial charge is 0.366 e. The van der Waals surface area contributed by atoms with E-state index in [1.807, 2.05) is 30.1 Å². The summed E-state index contributed by atoms with van der Waals surface area (Å²) >= 11 is 1.96. The third-order valence-corrected chi connectivity index (χ3v) is 6.33. The normalized spacial score (nSPS) is 16.9. The summed E-state index contributed by atoms with van der Waals surface area (Å²) in [5, 5.41) is 4.79. The number of thioether (sulfide) groups is 1. The molecule has 28 heavy (non-hydrogen) atoms. The highest BCUT2D eigenvalue weighted by atomic mass is 32.2. The number of H-pyrrole nitrogens is 1. The molecule has 4 rings (SSSR count). The molecular formula is C23H25N3OS. The topological polar surface area (TPSA) is 70.9 Å². The van der Waals surface area contributed by atoms with Crippen molar-refractivity contribution < 1.29 is 4.79 Å². The van der Waals surface area contributed by atoms with Crippen molar-refractivity contribution in [2.45, 2.75) is 24.6 Å². The number of nitrogens with one attached hydrogen (secondary N) is 2. The molecule has 0 saturated carbocycles. The molecule has 2 heterocycles. The molecule has 1 aliphatic heterocycles. The van der Waals surface area contributed by atoms with Crippen molar-refractivity contribution in [1.82, 2.24) is 10.3 Å². The second-order valence-electron chi connectivity index (χ2n) is 7.18. The second kappa shape index (κ2) is 8.67. The van der Waals surface area contributed by atoms with Crippen LogP contribution in [0.5, 0.6) is 0 Å². The molecule has 0 bridgehead atoms. The van der Waals surface area contributed by atoms with Crippen LogP contribution in [-0.4, -0.2) is 29.2 Å². The van der Waals surface area contributed by atoms with Crippen LogP contribution in [0.15, 0.2) is 60.8 Å². The average Bonchev–Trinajstić information content (AvgIpc) is 3.14. The van der Waals surface area contributed by atoms with Crippen LogP contribution in [0.1, 0.15) is 34.3 Å². The van der Waals surface area contributed by atoms with E-state index in [-0.39, 0.29) is 0 Å². The number of aromatic nitrogens is 1. The van der Waals surface area contributed by atoms with Crippen molar-refractivity contribution >= 4 is 34.1 Å². The molecule has 0 saturated heterocycles. The molecule has 2 aromatic carbocycles. The predicted molar refractivity (Wildman–Crippen MR) is 118 cm³/mol. The molecule has 0 radical (unpaired) electrons. The van der Waals surface area contributed by atoms with Crippen LogP contribution in [0.3, 0.4) is 0 Å². The summed E-state index contributed by atoms with van der Waals surface area (Å²) in [5.41, 5.74) is 10.9. The molecule has 5 heteroatoms. The van der Waals surface area contributed by atoms with Gasteiger partial charge in [0, 0.05) is 41.0 Å². The van der Waals surface area contributed by atoms with Gasteiger partial charge in [-0.25, -0.2) is 0 Å². The van der Waals surface area contributed by atoms with Crippen molar-refractivity contribution in [3.63, 3.8) is 0 Å². The van der Waals surface area contributed by atoms with E-state index < -0.39 is 5.91 Å². The first-order valence-electron chi connectivity index (χ1n) is 9.66. The fourth-order valence-corrected chi connectivity index (χ4v) is 4.78. The second-order valence-corrected chi connectivity index (χ2v) is 8.29. The maximum absolute atomic E-state index is 11.3. The summed E-state index contributed by atoms with van der Waals surface area (Å²) in [5.74, 6) is 1.69. The first kappa shape index (κ1) is 18.8. The number of fused-ring (bicyclic) bond motifs is 1. The van der Waals surface area contributed by atoms with Gasteiger partial charge in [-0.1, -0.05) is 42.5 Å². The van der Waals surface area contributed by atoms with Gasteiger partial charge in [0.1, 0.15) is 0 Å². The van der Waals surface area contributed by atoms with Gasteiger partial charge < -0.3 is 16.0 Å². The number of nitrogens with two attached hydrogens (primary N) is 1. The number of primary amides is 1. The lowest BCUT2D eigenvalue weighted by molar-refractivity contribution is 0.100. The lowest BCUT2D eigenvalue weighted by Gasteiger charge is -2.24. The molecule has 4 nitrogen and oxygen atoms in total. The molecule has 1 aliphatic rings. The van der Waals surface area contributed by atoms with E-state index in [1.54, 1.807) is 6.07 Å². The Bertz CT molecular complexity index is 994. The Morgan fingerprint density at radius 3 is 2.86 bits per heavy atom.